The highest BCUT2D eigenvalue weighted by Gasteiger charge is 2.23. The van der Waals surface area contributed by atoms with Crippen LogP contribution in [-0.2, 0) is 19.5 Å². The Morgan fingerprint density at radius 2 is 1.84 bits per heavy atom. The third-order valence-corrected chi connectivity index (χ3v) is 6.25. The molecule has 0 amide bonds. The molecule has 3 N–H and O–H groups in total. The third-order valence-electron chi connectivity index (χ3n) is 6.25. The van der Waals surface area contributed by atoms with Gasteiger partial charge in [0, 0.05) is 62.2 Å². The van der Waals surface area contributed by atoms with Gasteiger partial charge in [-0.2, -0.15) is 0 Å². The molecule has 0 atom stereocenters. The largest absolute Gasteiger partial charge is 0.399 e. The number of nitrogens with one attached hydrogen (secondary N) is 1. The van der Waals surface area contributed by atoms with Gasteiger partial charge >= 0.3 is 0 Å². The SMILES string of the molecule is Nc1ccc(-c2nc3c(c(=O)[nH]2)CN(Cc2cccnc2N2CCCCC2)CC3)cc1. The Morgan fingerprint density at radius 3 is 2.65 bits per heavy atom. The predicted molar refractivity (Wildman–Crippen MR) is 123 cm³/mol. The van der Waals surface area contributed by atoms with Crippen LogP contribution < -0.4 is 16.2 Å². The van der Waals surface area contributed by atoms with Crippen LogP contribution in [0.3, 0.4) is 0 Å². The van der Waals surface area contributed by atoms with Gasteiger partial charge in [0.2, 0.25) is 0 Å². The van der Waals surface area contributed by atoms with Gasteiger partial charge in [0.05, 0.1) is 11.3 Å². The first kappa shape index (κ1) is 19.8. The topological polar surface area (TPSA) is 91.1 Å². The number of benzene rings is 1. The van der Waals surface area contributed by atoms with Gasteiger partial charge in [-0.05, 0) is 49.6 Å². The molecule has 0 saturated carbocycles. The van der Waals surface area contributed by atoms with Gasteiger partial charge in [0.25, 0.3) is 5.56 Å². The van der Waals surface area contributed by atoms with Crippen molar-refractivity contribution in [2.75, 3.05) is 30.3 Å². The average Bonchev–Trinajstić information content (AvgIpc) is 2.81. The van der Waals surface area contributed by atoms with Crippen LogP contribution in [0.4, 0.5) is 11.5 Å². The van der Waals surface area contributed by atoms with E-state index in [0.717, 1.165) is 55.2 Å². The maximum Gasteiger partial charge on any atom is 0.255 e. The van der Waals surface area contributed by atoms with E-state index < -0.39 is 0 Å². The fourth-order valence-corrected chi connectivity index (χ4v) is 4.58. The van der Waals surface area contributed by atoms with Crippen LogP contribution in [-0.4, -0.2) is 39.5 Å². The van der Waals surface area contributed by atoms with Crippen LogP contribution in [0.25, 0.3) is 11.4 Å². The zero-order valence-electron chi connectivity index (χ0n) is 17.7. The van der Waals surface area contributed by atoms with Crippen molar-refractivity contribution in [1.82, 2.24) is 19.9 Å². The Hall–Kier alpha value is -3.19. The Morgan fingerprint density at radius 1 is 1.03 bits per heavy atom. The van der Waals surface area contributed by atoms with E-state index in [1.54, 1.807) is 0 Å². The fourth-order valence-electron chi connectivity index (χ4n) is 4.58. The minimum absolute atomic E-state index is 0.0519. The number of hydrogen-bond donors (Lipinski definition) is 2. The first-order valence-corrected chi connectivity index (χ1v) is 11.1. The van der Waals surface area contributed by atoms with Gasteiger partial charge in [-0.3, -0.25) is 9.69 Å². The zero-order valence-corrected chi connectivity index (χ0v) is 17.7. The Balaban J connectivity index is 1.36. The highest BCUT2D eigenvalue weighted by molar-refractivity contribution is 5.58. The summed E-state index contributed by atoms with van der Waals surface area (Å²) in [5.74, 6) is 1.70. The van der Waals surface area contributed by atoms with E-state index in [-0.39, 0.29) is 5.56 Å². The van der Waals surface area contributed by atoms with Crippen molar-refractivity contribution < 1.29 is 0 Å². The molecule has 2 aromatic heterocycles. The summed E-state index contributed by atoms with van der Waals surface area (Å²) in [7, 11) is 0. The standard InChI is InChI=1S/C24H28N6O/c25-19-8-6-17(7-9-19)22-27-21-10-14-29(16-20(21)24(31)28-22)15-18-5-4-11-26-23(18)30-12-2-1-3-13-30/h4-9,11H,1-3,10,12-16,25H2,(H,27,28,31). The summed E-state index contributed by atoms with van der Waals surface area (Å²) in [5.41, 5.74) is 10.2. The molecule has 0 spiro atoms. The second-order valence-corrected chi connectivity index (χ2v) is 8.46. The summed E-state index contributed by atoms with van der Waals surface area (Å²) in [5, 5.41) is 0. The minimum atomic E-state index is -0.0519. The number of hydrogen-bond acceptors (Lipinski definition) is 6. The monoisotopic (exact) mass is 416 g/mol. The van der Waals surface area contributed by atoms with E-state index in [0.29, 0.717) is 18.1 Å². The van der Waals surface area contributed by atoms with Crippen LogP contribution in [0.2, 0.25) is 0 Å². The van der Waals surface area contributed by atoms with Crippen molar-refractivity contribution in [2.45, 2.75) is 38.8 Å². The molecule has 2 aliphatic rings. The molecule has 31 heavy (non-hydrogen) atoms. The molecule has 5 rings (SSSR count). The summed E-state index contributed by atoms with van der Waals surface area (Å²) in [6.45, 7) is 4.42. The van der Waals surface area contributed by atoms with Crippen molar-refractivity contribution in [3.05, 3.63) is 69.8 Å². The average molecular weight is 417 g/mol. The van der Waals surface area contributed by atoms with Crippen LogP contribution >= 0.6 is 0 Å². The number of piperidine rings is 1. The van der Waals surface area contributed by atoms with Crippen molar-refractivity contribution in [3.63, 3.8) is 0 Å². The molecular formula is C24H28N6O. The molecule has 1 saturated heterocycles. The highest BCUT2D eigenvalue weighted by Crippen LogP contribution is 2.25. The summed E-state index contributed by atoms with van der Waals surface area (Å²) >= 11 is 0. The zero-order chi connectivity index (χ0) is 21.2. The van der Waals surface area contributed by atoms with Crippen LogP contribution in [0.15, 0.2) is 47.4 Å². The van der Waals surface area contributed by atoms with E-state index in [9.17, 15) is 4.79 Å². The lowest BCUT2D eigenvalue weighted by molar-refractivity contribution is 0.241. The number of H-pyrrole nitrogens is 1. The predicted octanol–water partition coefficient (Wildman–Crippen LogP) is 2.96. The van der Waals surface area contributed by atoms with E-state index in [1.807, 2.05) is 36.5 Å². The fraction of sp³-hybridized carbons (Fsp3) is 0.375. The smallest absolute Gasteiger partial charge is 0.255 e. The molecule has 0 bridgehead atoms. The number of nitrogens with two attached hydrogens (primary N) is 1. The molecule has 2 aliphatic heterocycles. The number of aromatic nitrogens is 3. The van der Waals surface area contributed by atoms with Crippen LogP contribution in [0.5, 0.6) is 0 Å². The normalized spacial score (nSPS) is 16.8. The summed E-state index contributed by atoms with van der Waals surface area (Å²) in [6, 6.07) is 11.6. The van der Waals surface area contributed by atoms with Gasteiger partial charge in [-0.1, -0.05) is 6.07 Å². The molecule has 0 aliphatic carbocycles. The third kappa shape index (κ3) is 4.18. The second kappa shape index (κ2) is 8.51. The van der Waals surface area contributed by atoms with Gasteiger partial charge in [-0.25, -0.2) is 9.97 Å². The molecule has 0 unspecified atom stereocenters. The maximum atomic E-state index is 12.9. The Bertz CT molecular complexity index is 1120. The molecule has 0 radical (unpaired) electrons. The minimum Gasteiger partial charge on any atom is -0.399 e. The van der Waals surface area contributed by atoms with Crippen LogP contribution in [0, 0.1) is 0 Å². The lowest BCUT2D eigenvalue weighted by Crippen LogP contribution is -2.36. The van der Waals surface area contributed by atoms with Crippen molar-refractivity contribution in [2.24, 2.45) is 0 Å². The first-order valence-electron chi connectivity index (χ1n) is 11.1. The van der Waals surface area contributed by atoms with Crippen molar-refractivity contribution >= 4 is 11.5 Å². The molecule has 160 valence electrons. The summed E-state index contributed by atoms with van der Waals surface area (Å²) in [6.07, 6.45) is 6.40. The Labute approximate surface area is 181 Å². The second-order valence-electron chi connectivity index (χ2n) is 8.46. The molecule has 7 heteroatoms. The Kier molecular flexibility index (Phi) is 5.42. The molecule has 4 heterocycles. The van der Waals surface area contributed by atoms with Gasteiger partial charge in [0.15, 0.2) is 0 Å². The molecule has 1 fully saturated rings. The molecular weight excluding hydrogens is 388 g/mol. The molecule has 3 aromatic rings. The number of nitrogen functional groups attached to an aromatic ring is 1. The van der Waals surface area contributed by atoms with Crippen molar-refractivity contribution in [3.8, 4) is 11.4 Å². The maximum absolute atomic E-state index is 12.9. The number of anilines is 2. The molecule has 1 aromatic carbocycles. The number of fused-ring (bicyclic) bond motifs is 1. The highest BCUT2D eigenvalue weighted by atomic mass is 16.1. The molecule has 7 nitrogen and oxygen atoms in total. The van der Waals surface area contributed by atoms with E-state index >= 15 is 0 Å². The number of nitrogens with zero attached hydrogens (tertiary/aromatic N) is 4. The lowest BCUT2D eigenvalue weighted by atomic mass is 10.0. The summed E-state index contributed by atoms with van der Waals surface area (Å²) in [4.78, 5) is 30.0. The lowest BCUT2D eigenvalue weighted by Gasteiger charge is -2.32. The number of pyridine rings is 1. The van der Waals surface area contributed by atoms with Gasteiger partial charge in [-0.15, -0.1) is 0 Å². The van der Waals surface area contributed by atoms with Gasteiger partial charge < -0.3 is 15.6 Å². The number of aromatic amines is 1. The van der Waals surface area contributed by atoms with E-state index in [2.05, 4.69) is 20.9 Å². The van der Waals surface area contributed by atoms with Gasteiger partial charge in [0.1, 0.15) is 11.6 Å². The number of rotatable bonds is 4. The van der Waals surface area contributed by atoms with Crippen molar-refractivity contribution in [1.29, 1.82) is 0 Å². The van der Waals surface area contributed by atoms with E-state index in [1.165, 1.54) is 24.8 Å². The first-order chi connectivity index (χ1) is 15.2. The van der Waals surface area contributed by atoms with Crippen LogP contribution in [0.1, 0.15) is 36.1 Å². The summed E-state index contributed by atoms with van der Waals surface area (Å²) < 4.78 is 0. The van der Waals surface area contributed by atoms with E-state index in [4.69, 9.17) is 15.7 Å². The quantitative estimate of drug-likeness (QED) is 0.636.